The number of nitrogens with zero attached hydrogens (tertiary/aromatic N) is 3. The number of nitriles is 1. The number of hydrogen-bond acceptors (Lipinski definition) is 3. The van der Waals surface area contributed by atoms with Gasteiger partial charge in [-0.25, -0.2) is 0 Å². The molecule has 1 saturated heterocycles. The Kier molecular flexibility index (Phi) is 5.48. The third-order valence-corrected chi connectivity index (χ3v) is 5.20. The van der Waals surface area contributed by atoms with Crippen LogP contribution in [0.1, 0.15) is 43.2 Å². The predicted octanol–water partition coefficient (Wildman–Crippen LogP) is 3.26. The summed E-state index contributed by atoms with van der Waals surface area (Å²) >= 11 is 0. The van der Waals surface area contributed by atoms with Crippen LogP contribution in [-0.2, 0) is 6.54 Å². The molecule has 2 fully saturated rings. The molecule has 1 aromatic rings. The van der Waals surface area contributed by atoms with Gasteiger partial charge in [-0.05, 0) is 36.5 Å². The summed E-state index contributed by atoms with van der Waals surface area (Å²) in [6, 6.07) is 10.2. The van der Waals surface area contributed by atoms with E-state index in [-0.39, 0.29) is 0 Å². The van der Waals surface area contributed by atoms with E-state index in [4.69, 9.17) is 5.26 Å². The largest absolute Gasteiger partial charge is 0.301 e. The molecule has 1 heterocycles. The van der Waals surface area contributed by atoms with Gasteiger partial charge in [-0.15, -0.1) is 0 Å². The summed E-state index contributed by atoms with van der Waals surface area (Å²) in [7, 11) is 0. The normalized spacial score (nSPS) is 21.6. The minimum absolute atomic E-state index is 0.751. The highest BCUT2D eigenvalue weighted by molar-refractivity contribution is 5.31. The third kappa shape index (κ3) is 4.32. The average Bonchev–Trinajstić information content (AvgIpc) is 2.58. The SMILES string of the molecule is N#Cc1ccc(CN2CCN(CC3CCCCC3)CC2)cc1. The van der Waals surface area contributed by atoms with Gasteiger partial charge in [0, 0.05) is 39.3 Å². The van der Waals surface area contributed by atoms with Gasteiger partial charge in [-0.1, -0.05) is 31.4 Å². The first-order valence-corrected chi connectivity index (χ1v) is 8.77. The molecule has 3 nitrogen and oxygen atoms in total. The molecule has 3 rings (SSSR count). The van der Waals surface area contributed by atoms with Gasteiger partial charge in [0.1, 0.15) is 0 Å². The lowest BCUT2D eigenvalue weighted by atomic mass is 9.89. The molecule has 1 aliphatic heterocycles. The van der Waals surface area contributed by atoms with Crippen molar-refractivity contribution in [3.8, 4) is 6.07 Å². The Hall–Kier alpha value is -1.37. The van der Waals surface area contributed by atoms with Crippen molar-refractivity contribution in [1.29, 1.82) is 5.26 Å². The van der Waals surface area contributed by atoms with Crippen molar-refractivity contribution in [3.05, 3.63) is 35.4 Å². The quantitative estimate of drug-likeness (QED) is 0.854. The smallest absolute Gasteiger partial charge is 0.0991 e. The fourth-order valence-corrected chi connectivity index (χ4v) is 3.81. The summed E-state index contributed by atoms with van der Waals surface area (Å²) in [4.78, 5) is 5.21. The summed E-state index contributed by atoms with van der Waals surface area (Å²) in [5.41, 5.74) is 2.07. The molecule has 0 bridgehead atoms. The van der Waals surface area contributed by atoms with E-state index >= 15 is 0 Å². The lowest BCUT2D eigenvalue weighted by Gasteiger charge is -2.37. The Morgan fingerprint density at radius 3 is 2.18 bits per heavy atom. The van der Waals surface area contributed by atoms with E-state index in [0.717, 1.165) is 18.0 Å². The monoisotopic (exact) mass is 297 g/mol. The Bertz CT molecular complexity index is 488. The first-order chi connectivity index (χ1) is 10.8. The Morgan fingerprint density at radius 1 is 0.909 bits per heavy atom. The van der Waals surface area contributed by atoms with Gasteiger partial charge in [0.25, 0.3) is 0 Å². The van der Waals surface area contributed by atoms with E-state index in [1.807, 2.05) is 12.1 Å². The molecule has 1 aromatic carbocycles. The van der Waals surface area contributed by atoms with E-state index in [1.165, 1.54) is 70.4 Å². The Morgan fingerprint density at radius 2 is 1.55 bits per heavy atom. The number of rotatable bonds is 4. The van der Waals surface area contributed by atoms with Gasteiger partial charge in [-0.2, -0.15) is 5.26 Å². The van der Waals surface area contributed by atoms with Crippen LogP contribution < -0.4 is 0 Å². The summed E-state index contributed by atoms with van der Waals surface area (Å²) in [6.45, 7) is 7.12. The molecule has 0 unspecified atom stereocenters. The zero-order valence-electron chi connectivity index (χ0n) is 13.5. The summed E-state index contributed by atoms with van der Waals surface area (Å²) < 4.78 is 0. The highest BCUT2D eigenvalue weighted by atomic mass is 15.3. The van der Waals surface area contributed by atoms with Crippen molar-refractivity contribution in [2.24, 2.45) is 5.92 Å². The third-order valence-electron chi connectivity index (χ3n) is 5.20. The maximum absolute atomic E-state index is 8.85. The van der Waals surface area contributed by atoms with Crippen LogP contribution in [0.15, 0.2) is 24.3 Å². The van der Waals surface area contributed by atoms with Crippen LogP contribution >= 0.6 is 0 Å². The molecule has 1 aliphatic carbocycles. The molecule has 0 amide bonds. The molecule has 0 atom stereocenters. The molecule has 1 saturated carbocycles. The molecule has 2 aliphatic rings. The topological polar surface area (TPSA) is 30.3 Å². The van der Waals surface area contributed by atoms with Crippen LogP contribution in [0.25, 0.3) is 0 Å². The lowest BCUT2D eigenvalue weighted by molar-refractivity contribution is 0.105. The molecule has 3 heteroatoms. The second-order valence-electron chi connectivity index (χ2n) is 6.89. The van der Waals surface area contributed by atoms with Gasteiger partial charge in [0.15, 0.2) is 0 Å². The molecule has 0 spiro atoms. The van der Waals surface area contributed by atoms with Gasteiger partial charge in [0.2, 0.25) is 0 Å². The maximum atomic E-state index is 8.85. The number of benzene rings is 1. The summed E-state index contributed by atoms with van der Waals surface area (Å²) in [5.74, 6) is 0.957. The van der Waals surface area contributed by atoms with Crippen LogP contribution in [0.3, 0.4) is 0 Å². The number of piperazine rings is 1. The zero-order chi connectivity index (χ0) is 15.2. The van der Waals surface area contributed by atoms with E-state index in [9.17, 15) is 0 Å². The molecular weight excluding hydrogens is 270 g/mol. The van der Waals surface area contributed by atoms with Crippen molar-refractivity contribution >= 4 is 0 Å². The van der Waals surface area contributed by atoms with Crippen molar-refractivity contribution in [3.63, 3.8) is 0 Å². The highest BCUT2D eigenvalue weighted by Gasteiger charge is 2.21. The van der Waals surface area contributed by atoms with Gasteiger partial charge < -0.3 is 4.90 Å². The number of hydrogen-bond donors (Lipinski definition) is 0. The van der Waals surface area contributed by atoms with E-state index < -0.39 is 0 Å². The van der Waals surface area contributed by atoms with Crippen molar-refractivity contribution < 1.29 is 0 Å². The molecule has 118 valence electrons. The van der Waals surface area contributed by atoms with Crippen molar-refractivity contribution in [1.82, 2.24) is 9.80 Å². The summed E-state index contributed by atoms with van der Waals surface area (Å²) in [6.07, 6.45) is 7.25. The lowest BCUT2D eigenvalue weighted by Crippen LogP contribution is -2.47. The molecule has 22 heavy (non-hydrogen) atoms. The van der Waals surface area contributed by atoms with E-state index in [2.05, 4.69) is 28.0 Å². The summed E-state index contributed by atoms with van der Waals surface area (Å²) in [5, 5.41) is 8.85. The molecular formula is C19H27N3. The van der Waals surface area contributed by atoms with Crippen LogP contribution in [0.4, 0.5) is 0 Å². The highest BCUT2D eigenvalue weighted by Crippen LogP contribution is 2.24. The molecule has 0 N–H and O–H groups in total. The second kappa shape index (κ2) is 7.76. The van der Waals surface area contributed by atoms with Crippen molar-refractivity contribution in [2.75, 3.05) is 32.7 Å². The minimum atomic E-state index is 0.751. The van der Waals surface area contributed by atoms with E-state index in [1.54, 1.807) is 0 Å². The van der Waals surface area contributed by atoms with Gasteiger partial charge in [-0.3, -0.25) is 4.90 Å². The fourth-order valence-electron chi connectivity index (χ4n) is 3.81. The van der Waals surface area contributed by atoms with Gasteiger partial charge in [0.05, 0.1) is 11.6 Å². The fraction of sp³-hybridized carbons (Fsp3) is 0.632. The van der Waals surface area contributed by atoms with Gasteiger partial charge >= 0.3 is 0 Å². The van der Waals surface area contributed by atoms with Crippen LogP contribution in [-0.4, -0.2) is 42.5 Å². The van der Waals surface area contributed by atoms with Crippen LogP contribution in [0.2, 0.25) is 0 Å². The average molecular weight is 297 g/mol. The first-order valence-electron chi connectivity index (χ1n) is 8.77. The van der Waals surface area contributed by atoms with Crippen molar-refractivity contribution in [2.45, 2.75) is 38.6 Å². The van der Waals surface area contributed by atoms with E-state index in [0.29, 0.717) is 0 Å². The Balaban J connectivity index is 1.42. The van der Waals surface area contributed by atoms with Crippen LogP contribution in [0, 0.1) is 17.2 Å². The van der Waals surface area contributed by atoms with Crippen LogP contribution in [0.5, 0.6) is 0 Å². The molecule has 0 radical (unpaired) electrons. The molecule has 0 aromatic heterocycles. The Labute approximate surface area is 134 Å². The second-order valence-corrected chi connectivity index (χ2v) is 6.89. The predicted molar refractivity (Wildman–Crippen MR) is 89.4 cm³/mol. The first kappa shape index (κ1) is 15.5. The maximum Gasteiger partial charge on any atom is 0.0991 e. The standard InChI is InChI=1S/C19H27N3/c20-14-17-6-8-19(9-7-17)16-22-12-10-21(11-13-22)15-18-4-2-1-3-5-18/h6-9,18H,1-5,10-13,15-16H2. The zero-order valence-corrected chi connectivity index (χ0v) is 13.5. The minimum Gasteiger partial charge on any atom is -0.301 e.